The van der Waals surface area contributed by atoms with Crippen LogP contribution < -0.4 is 5.73 Å². The van der Waals surface area contributed by atoms with Crippen LogP contribution in [0.5, 0.6) is 0 Å². The van der Waals surface area contributed by atoms with Crippen LogP contribution >= 0.6 is 15.9 Å². The maximum Gasteiger partial charge on any atom is 0.162 e. The SMILES string of the molecule is COCc1nc(-c2ccnc3ccccc23)nc(N)c1Br. The molecule has 0 amide bonds. The summed E-state index contributed by atoms with van der Waals surface area (Å²) in [7, 11) is 1.62. The number of benzene rings is 1. The second-order valence-electron chi connectivity index (χ2n) is 4.50. The topological polar surface area (TPSA) is 73.9 Å². The summed E-state index contributed by atoms with van der Waals surface area (Å²) in [6.45, 7) is 0.364. The van der Waals surface area contributed by atoms with Gasteiger partial charge in [-0.3, -0.25) is 4.98 Å². The molecule has 3 aromatic rings. The fourth-order valence-electron chi connectivity index (χ4n) is 2.16. The molecular weight excluding hydrogens is 332 g/mol. The van der Waals surface area contributed by atoms with Crippen LogP contribution in [0.3, 0.4) is 0 Å². The minimum absolute atomic E-state index is 0.364. The smallest absolute Gasteiger partial charge is 0.162 e. The van der Waals surface area contributed by atoms with Gasteiger partial charge in [-0.05, 0) is 28.1 Å². The molecule has 21 heavy (non-hydrogen) atoms. The lowest BCUT2D eigenvalue weighted by Gasteiger charge is -2.10. The molecule has 0 unspecified atom stereocenters. The van der Waals surface area contributed by atoms with Crippen LogP contribution in [0.25, 0.3) is 22.3 Å². The van der Waals surface area contributed by atoms with E-state index in [1.165, 1.54) is 0 Å². The quantitative estimate of drug-likeness (QED) is 0.789. The van der Waals surface area contributed by atoms with E-state index in [1.807, 2.05) is 30.3 Å². The monoisotopic (exact) mass is 344 g/mol. The Morgan fingerprint density at radius 1 is 1.19 bits per heavy atom. The number of ether oxygens (including phenoxy) is 1. The predicted molar refractivity (Wildman–Crippen MR) is 85.6 cm³/mol. The number of hydrogen-bond acceptors (Lipinski definition) is 5. The number of rotatable bonds is 3. The first-order valence-electron chi connectivity index (χ1n) is 6.35. The van der Waals surface area contributed by atoms with Crippen LogP contribution in [0, 0.1) is 0 Å². The highest BCUT2D eigenvalue weighted by molar-refractivity contribution is 9.10. The zero-order valence-corrected chi connectivity index (χ0v) is 13.0. The number of fused-ring (bicyclic) bond motifs is 1. The van der Waals surface area contributed by atoms with Crippen molar-refractivity contribution < 1.29 is 4.74 Å². The van der Waals surface area contributed by atoms with E-state index in [1.54, 1.807) is 13.3 Å². The van der Waals surface area contributed by atoms with Crippen molar-refractivity contribution in [2.45, 2.75) is 6.61 Å². The lowest BCUT2D eigenvalue weighted by atomic mass is 10.1. The van der Waals surface area contributed by atoms with Crippen LogP contribution in [-0.2, 0) is 11.3 Å². The standard InChI is InChI=1S/C15H13BrN4O/c1-21-8-12-13(16)14(17)20-15(19-12)10-6-7-18-11-5-3-2-4-9(10)11/h2-7H,8H2,1H3,(H2,17,19,20). The third-order valence-corrected chi connectivity index (χ3v) is 3.98. The Kier molecular flexibility index (Phi) is 3.81. The van der Waals surface area contributed by atoms with E-state index in [0.717, 1.165) is 22.2 Å². The first-order chi connectivity index (χ1) is 10.2. The third kappa shape index (κ3) is 2.59. The van der Waals surface area contributed by atoms with Gasteiger partial charge in [-0.25, -0.2) is 9.97 Å². The number of halogens is 1. The number of nitrogens with zero attached hydrogens (tertiary/aromatic N) is 3. The highest BCUT2D eigenvalue weighted by Gasteiger charge is 2.13. The molecule has 0 fully saturated rings. The molecule has 0 atom stereocenters. The van der Waals surface area contributed by atoms with E-state index in [0.29, 0.717) is 22.7 Å². The number of methoxy groups -OCH3 is 1. The van der Waals surface area contributed by atoms with E-state index in [-0.39, 0.29) is 0 Å². The number of aromatic nitrogens is 3. The molecule has 0 aliphatic carbocycles. The Hall–Kier alpha value is -2.05. The van der Waals surface area contributed by atoms with E-state index in [9.17, 15) is 0 Å². The van der Waals surface area contributed by atoms with E-state index >= 15 is 0 Å². The number of anilines is 1. The van der Waals surface area contributed by atoms with Crippen molar-refractivity contribution in [1.29, 1.82) is 0 Å². The second kappa shape index (κ2) is 5.75. The van der Waals surface area contributed by atoms with E-state index < -0.39 is 0 Å². The second-order valence-corrected chi connectivity index (χ2v) is 5.29. The zero-order chi connectivity index (χ0) is 14.8. The molecule has 3 rings (SSSR count). The van der Waals surface area contributed by atoms with Crippen LogP contribution in [-0.4, -0.2) is 22.1 Å². The summed E-state index contributed by atoms with van der Waals surface area (Å²) in [4.78, 5) is 13.3. The summed E-state index contributed by atoms with van der Waals surface area (Å²) >= 11 is 3.40. The number of pyridine rings is 1. The Morgan fingerprint density at radius 3 is 2.81 bits per heavy atom. The van der Waals surface area contributed by atoms with Gasteiger partial charge in [0.2, 0.25) is 0 Å². The van der Waals surface area contributed by atoms with Crippen molar-refractivity contribution in [3.8, 4) is 11.4 Å². The van der Waals surface area contributed by atoms with Crippen LogP contribution in [0.1, 0.15) is 5.69 Å². The minimum Gasteiger partial charge on any atom is -0.383 e. The predicted octanol–water partition coefficient (Wildman–Crippen LogP) is 3.18. The van der Waals surface area contributed by atoms with Gasteiger partial charge in [0.15, 0.2) is 5.82 Å². The Bertz CT molecular complexity index is 802. The first-order valence-corrected chi connectivity index (χ1v) is 7.15. The number of nitrogens with two attached hydrogens (primary N) is 1. The maximum absolute atomic E-state index is 5.96. The van der Waals surface area contributed by atoms with Gasteiger partial charge in [0.05, 0.1) is 22.3 Å². The Balaban J connectivity index is 2.23. The van der Waals surface area contributed by atoms with Crippen LogP contribution in [0.15, 0.2) is 41.0 Å². The average Bonchev–Trinajstić information content (AvgIpc) is 2.51. The van der Waals surface area contributed by atoms with Gasteiger partial charge in [-0.1, -0.05) is 18.2 Å². The van der Waals surface area contributed by atoms with Crippen molar-refractivity contribution in [2.24, 2.45) is 0 Å². The first kappa shape index (κ1) is 13.9. The van der Waals surface area contributed by atoms with Gasteiger partial charge in [0, 0.05) is 24.3 Å². The average molecular weight is 345 g/mol. The van der Waals surface area contributed by atoms with Crippen molar-refractivity contribution in [3.63, 3.8) is 0 Å². The van der Waals surface area contributed by atoms with Gasteiger partial charge in [-0.15, -0.1) is 0 Å². The van der Waals surface area contributed by atoms with E-state index in [4.69, 9.17) is 10.5 Å². The molecule has 0 saturated carbocycles. The molecular formula is C15H13BrN4O. The molecule has 0 aliphatic rings. The van der Waals surface area contributed by atoms with Crippen molar-refractivity contribution in [1.82, 2.24) is 15.0 Å². The zero-order valence-electron chi connectivity index (χ0n) is 11.4. The van der Waals surface area contributed by atoms with Crippen LogP contribution in [0.4, 0.5) is 5.82 Å². The van der Waals surface area contributed by atoms with Crippen molar-refractivity contribution in [3.05, 3.63) is 46.7 Å². The number of para-hydroxylation sites is 1. The fourth-order valence-corrected chi connectivity index (χ4v) is 2.45. The lowest BCUT2D eigenvalue weighted by Crippen LogP contribution is -2.04. The van der Waals surface area contributed by atoms with Gasteiger partial charge >= 0.3 is 0 Å². The molecule has 0 bridgehead atoms. The molecule has 6 heteroatoms. The Labute approximate surface area is 130 Å². The Morgan fingerprint density at radius 2 is 2.00 bits per heavy atom. The van der Waals surface area contributed by atoms with Crippen LogP contribution in [0.2, 0.25) is 0 Å². The number of hydrogen-bond donors (Lipinski definition) is 1. The van der Waals surface area contributed by atoms with Gasteiger partial charge in [0.25, 0.3) is 0 Å². The maximum atomic E-state index is 5.96. The molecule has 0 spiro atoms. The summed E-state index contributed by atoms with van der Waals surface area (Å²) in [5, 5.41) is 0.991. The summed E-state index contributed by atoms with van der Waals surface area (Å²) in [6, 6.07) is 9.76. The largest absolute Gasteiger partial charge is 0.383 e. The van der Waals surface area contributed by atoms with Crippen molar-refractivity contribution in [2.75, 3.05) is 12.8 Å². The molecule has 106 valence electrons. The third-order valence-electron chi connectivity index (χ3n) is 3.12. The minimum atomic E-state index is 0.364. The molecule has 2 aromatic heterocycles. The van der Waals surface area contributed by atoms with Gasteiger partial charge in [-0.2, -0.15) is 0 Å². The lowest BCUT2D eigenvalue weighted by molar-refractivity contribution is 0.181. The highest BCUT2D eigenvalue weighted by Crippen LogP contribution is 2.29. The summed E-state index contributed by atoms with van der Waals surface area (Å²) in [5.74, 6) is 0.967. The van der Waals surface area contributed by atoms with E-state index in [2.05, 4.69) is 30.9 Å². The summed E-state index contributed by atoms with van der Waals surface area (Å²) in [6.07, 6.45) is 1.75. The molecule has 5 nitrogen and oxygen atoms in total. The summed E-state index contributed by atoms with van der Waals surface area (Å²) < 4.78 is 5.83. The normalized spacial score (nSPS) is 11.0. The molecule has 1 aromatic carbocycles. The molecule has 0 radical (unpaired) electrons. The van der Waals surface area contributed by atoms with Gasteiger partial charge in [0.1, 0.15) is 5.82 Å². The highest BCUT2D eigenvalue weighted by atomic mass is 79.9. The van der Waals surface area contributed by atoms with Crippen molar-refractivity contribution >= 4 is 32.7 Å². The molecule has 0 aliphatic heterocycles. The number of nitrogen functional groups attached to an aromatic ring is 1. The molecule has 2 N–H and O–H groups in total. The molecule has 2 heterocycles. The summed E-state index contributed by atoms with van der Waals surface area (Å²) in [5.41, 5.74) is 8.48. The fraction of sp³-hybridized carbons (Fsp3) is 0.133. The van der Waals surface area contributed by atoms with Gasteiger partial charge < -0.3 is 10.5 Å². The molecule has 0 saturated heterocycles.